The number of hydrogen-bond donors (Lipinski definition) is 2. The standard InChI is InChI=1S/C16H15F3N2O3S/c1-2-8-20-25(23,24)11-5-3-4-10(9-11)16(22)21-13-7-6-12(17)14(18)15(13)19/h3-7,9,20H,2,8H2,1H3,(H,21,22). The second-order valence-corrected chi connectivity index (χ2v) is 6.87. The maximum absolute atomic E-state index is 13.6. The molecule has 0 aliphatic carbocycles. The van der Waals surface area contributed by atoms with E-state index in [0.29, 0.717) is 12.5 Å². The normalized spacial score (nSPS) is 11.4. The largest absolute Gasteiger partial charge is 0.319 e. The zero-order valence-electron chi connectivity index (χ0n) is 13.1. The van der Waals surface area contributed by atoms with E-state index in [1.807, 2.05) is 0 Å². The molecule has 9 heteroatoms. The summed E-state index contributed by atoms with van der Waals surface area (Å²) in [6.07, 6.45) is 0.592. The third-order valence-electron chi connectivity index (χ3n) is 3.23. The van der Waals surface area contributed by atoms with Crippen molar-refractivity contribution in [2.45, 2.75) is 18.2 Å². The maximum atomic E-state index is 13.6. The van der Waals surface area contributed by atoms with Crippen LogP contribution in [-0.4, -0.2) is 20.9 Å². The van der Waals surface area contributed by atoms with Gasteiger partial charge in [-0.3, -0.25) is 4.79 Å². The monoisotopic (exact) mass is 372 g/mol. The lowest BCUT2D eigenvalue weighted by molar-refractivity contribution is 0.102. The number of rotatable bonds is 6. The molecular formula is C16H15F3N2O3S. The molecule has 0 fully saturated rings. The van der Waals surface area contributed by atoms with Crippen molar-refractivity contribution in [3.63, 3.8) is 0 Å². The highest BCUT2D eigenvalue weighted by Gasteiger charge is 2.18. The Morgan fingerprint density at radius 2 is 1.80 bits per heavy atom. The SMILES string of the molecule is CCCNS(=O)(=O)c1cccc(C(=O)Nc2ccc(F)c(F)c2F)c1. The summed E-state index contributed by atoms with van der Waals surface area (Å²) >= 11 is 0. The summed E-state index contributed by atoms with van der Waals surface area (Å²) in [7, 11) is -3.79. The number of carbonyl (C=O) groups excluding carboxylic acids is 1. The minimum absolute atomic E-state index is 0.0801. The van der Waals surface area contributed by atoms with E-state index >= 15 is 0 Å². The van der Waals surface area contributed by atoms with Crippen molar-refractivity contribution in [3.8, 4) is 0 Å². The van der Waals surface area contributed by atoms with E-state index in [9.17, 15) is 26.4 Å². The molecule has 25 heavy (non-hydrogen) atoms. The van der Waals surface area contributed by atoms with Crippen LogP contribution in [0.1, 0.15) is 23.7 Å². The van der Waals surface area contributed by atoms with Crippen LogP contribution in [-0.2, 0) is 10.0 Å². The van der Waals surface area contributed by atoms with Gasteiger partial charge in [-0.15, -0.1) is 0 Å². The smallest absolute Gasteiger partial charge is 0.255 e. The number of amides is 1. The lowest BCUT2D eigenvalue weighted by Gasteiger charge is -2.09. The third-order valence-corrected chi connectivity index (χ3v) is 4.69. The highest BCUT2D eigenvalue weighted by Crippen LogP contribution is 2.21. The first-order valence-electron chi connectivity index (χ1n) is 7.31. The first kappa shape index (κ1) is 18.9. The summed E-state index contributed by atoms with van der Waals surface area (Å²) in [5.41, 5.74) is -0.634. The first-order chi connectivity index (χ1) is 11.8. The van der Waals surface area contributed by atoms with E-state index in [0.717, 1.165) is 12.1 Å². The molecule has 2 rings (SSSR count). The zero-order chi connectivity index (χ0) is 18.6. The minimum atomic E-state index is -3.79. The van der Waals surface area contributed by atoms with Gasteiger partial charge in [-0.2, -0.15) is 0 Å². The van der Waals surface area contributed by atoms with Gasteiger partial charge in [0.15, 0.2) is 17.5 Å². The maximum Gasteiger partial charge on any atom is 0.255 e. The lowest BCUT2D eigenvalue weighted by Crippen LogP contribution is -2.24. The fraction of sp³-hybridized carbons (Fsp3) is 0.188. The van der Waals surface area contributed by atoms with Crippen LogP contribution in [0.25, 0.3) is 0 Å². The Balaban J connectivity index is 2.26. The minimum Gasteiger partial charge on any atom is -0.319 e. The number of nitrogens with one attached hydrogen (secondary N) is 2. The van der Waals surface area contributed by atoms with Crippen LogP contribution < -0.4 is 10.0 Å². The predicted octanol–water partition coefficient (Wildman–Crippen LogP) is 3.04. The Hall–Kier alpha value is -2.39. The van der Waals surface area contributed by atoms with Gasteiger partial charge in [0, 0.05) is 12.1 Å². The Bertz CT molecular complexity index is 901. The van der Waals surface area contributed by atoms with Gasteiger partial charge in [0.25, 0.3) is 5.91 Å². The van der Waals surface area contributed by atoms with Gasteiger partial charge in [0.2, 0.25) is 10.0 Å². The summed E-state index contributed by atoms with van der Waals surface area (Å²) in [5.74, 6) is -5.50. The summed E-state index contributed by atoms with van der Waals surface area (Å²) in [4.78, 5) is 12.0. The van der Waals surface area contributed by atoms with Crippen molar-refractivity contribution < 1.29 is 26.4 Å². The molecule has 2 aromatic rings. The van der Waals surface area contributed by atoms with E-state index in [1.54, 1.807) is 6.92 Å². The Labute approximate surface area is 142 Å². The van der Waals surface area contributed by atoms with Crippen LogP contribution in [0.3, 0.4) is 0 Å². The molecule has 0 aliphatic heterocycles. The van der Waals surface area contributed by atoms with Crippen LogP contribution in [0.4, 0.5) is 18.9 Å². The molecule has 0 bridgehead atoms. The number of benzene rings is 2. The van der Waals surface area contributed by atoms with Gasteiger partial charge in [0.1, 0.15) is 0 Å². The second kappa shape index (κ2) is 7.66. The molecule has 2 aromatic carbocycles. The molecule has 0 saturated heterocycles. The molecule has 5 nitrogen and oxygen atoms in total. The summed E-state index contributed by atoms with van der Waals surface area (Å²) in [6.45, 7) is 2.03. The van der Waals surface area contributed by atoms with E-state index in [4.69, 9.17) is 0 Å². The molecule has 2 N–H and O–H groups in total. The summed E-state index contributed by atoms with van der Waals surface area (Å²) in [6, 6.07) is 6.60. The second-order valence-electron chi connectivity index (χ2n) is 5.10. The predicted molar refractivity (Wildman–Crippen MR) is 86.2 cm³/mol. The van der Waals surface area contributed by atoms with Crippen LogP contribution >= 0.6 is 0 Å². The van der Waals surface area contributed by atoms with E-state index in [1.165, 1.54) is 18.2 Å². The van der Waals surface area contributed by atoms with Crippen molar-refractivity contribution in [3.05, 3.63) is 59.4 Å². The lowest BCUT2D eigenvalue weighted by atomic mass is 10.2. The van der Waals surface area contributed by atoms with Crippen LogP contribution in [0, 0.1) is 17.5 Å². The topological polar surface area (TPSA) is 75.3 Å². The molecule has 0 atom stereocenters. The van der Waals surface area contributed by atoms with Gasteiger partial charge in [-0.25, -0.2) is 26.3 Å². The first-order valence-corrected chi connectivity index (χ1v) is 8.79. The highest BCUT2D eigenvalue weighted by atomic mass is 32.2. The number of sulfonamides is 1. The average Bonchev–Trinajstić information content (AvgIpc) is 2.60. The van der Waals surface area contributed by atoms with Crippen molar-refractivity contribution in [2.75, 3.05) is 11.9 Å². The Morgan fingerprint density at radius 3 is 2.48 bits per heavy atom. The van der Waals surface area contributed by atoms with Gasteiger partial charge in [-0.1, -0.05) is 13.0 Å². The number of hydrogen-bond acceptors (Lipinski definition) is 3. The van der Waals surface area contributed by atoms with Crippen LogP contribution in [0.2, 0.25) is 0 Å². The van der Waals surface area contributed by atoms with Crippen LogP contribution in [0.15, 0.2) is 41.3 Å². The Morgan fingerprint density at radius 1 is 1.08 bits per heavy atom. The zero-order valence-corrected chi connectivity index (χ0v) is 14.0. The average molecular weight is 372 g/mol. The summed E-state index contributed by atoms with van der Waals surface area (Å²) in [5, 5.41) is 2.08. The van der Waals surface area contributed by atoms with Crippen molar-refractivity contribution >= 4 is 21.6 Å². The van der Waals surface area contributed by atoms with Crippen molar-refractivity contribution in [1.29, 1.82) is 0 Å². The molecule has 0 heterocycles. The highest BCUT2D eigenvalue weighted by molar-refractivity contribution is 7.89. The summed E-state index contributed by atoms with van der Waals surface area (Å²) < 4.78 is 66.2. The molecule has 0 saturated carbocycles. The molecule has 0 unspecified atom stereocenters. The molecular weight excluding hydrogens is 357 g/mol. The fourth-order valence-electron chi connectivity index (χ4n) is 1.94. The van der Waals surface area contributed by atoms with Crippen LogP contribution in [0.5, 0.6) is 0 Å². The molecule has 134 valence electrons. The van der Waals surface area contributed by atoms with E-state index in [-0.39, 0.29) is 17.0 Å². The van der Waals surface area contributed by atoms with Crippen molar-refractivity contribution in [1.82, 2.24) is 4.72 Å². The molecule has 0 aromatic heterocycles. The number of carbonyl (C=O) groups is 1. The van der Waals surface area contributed by atoms with E-state index < -0.39 is 39.1 Å². The molecule has 0 radical (unpaired) electrons. The molecule has 1 amide bonds. The number of anilines is 1. The quantitative estimate of drug-likeness (QED) is 0.766. The van der Waals surface area contributed by atoms with Gasteiger partial charge in [0.05, 0.1) is 10.6 Å². The van der Waals surface area contributed by atoms with Gasteiger partial charge < -0.3 is 5.32 Å². The Kier molecular flexibility index (Phi) is 5.81. The fourth-order valence-corrected chi connectivity index (χ4v) is 3.12. The molecule has 0 spiro atoms. The number of halogens is 3. The van der Waals surface area contributed by atoms with Gasteiger partial charge >= 0.3 is 0 Å². The molecule has 0 aliphatic rings. The van der Waals surface area contributed by atoms with Gasteiger partial charge in [-0.05, 0) is 36.8 Å². The van der Waals surface area contributed by atoms with Crippen molar-refractivity contribution in [2.24, 2.45) is 0 Å². The third kappa shape index (κ3) is 4.37. The van der Waals surface area contributed by atoms with E-state index in [2.05, 4.69) is 10.0 Å².